The van der Waals surface area contributed by atoms with E-state index in [1.165, 1.54) is 12.1 Å². The monoisotopic (exact) mass is 580 g/mol. The number of hydrogen-bond donors (Lipinski definition) is 0. The SMILES string of the molecule is CC1CCC(c2ccc(OCC(F)(F)Oc3cc(F)c(-c4cc(F)c(C(F)(F)F)c(F)c4)c(F)c3)c(F)c2)CC1. The Labute approximate surface area is 222 Å². The molecule has 0 radical (unpaired) electrons. The Morgan fingerprint density at radius 3 is 1.82 bits per heavy atom. The van der Waals surface area contributed by atoms with E-state index in [1.54, 1.807) is 6.07 Å². The summed E-state index contributed by atoms with van der Waals surface area (Å²) in [4.78, 5) is 0. The lowest BCUT2D eigenvalue weighted by molar-refractivity contribution is -0.195. The van der Waals surface area contributed by atoms with Crippen molar-refractivity contribution in [3.8, 4) is 22.6 Å². The summed E-state index contributed by atoms with van der Waals surface area (Å²) in [5, 5.41) is 0. The maximum absolute atomic E-state index is 14.6. The van der Waals surface area contributed by atoms with E-state index in [-0.39, 0.29) is 30.2 Å². The first-order valence-corrected chi connectivity index (χ1v) is 12.2. The highest BCUT2D eigenvalue weighted by atomic mass is 19.4. The van der Waals surface area contributed by atoms with Gasteiger partial charge in [-0.05, 0) is 60.1 Å². The molecule has 0 heterocycles. The molecular weight excluding hydrogens is 558 g/mol. The number of halogens is 10. The summed E-state index contributed by atoms with van der Waals surface area (Å²) in [6.45, 7) is 0.596. The highest BCUT2D eigenvalue weighted by Gasteiger charge is 2.38. The van der Waals surface area contributed by atoms with E-state index in [9.17, 15) is 43.9 Å². The third kappa shape index (κ3) is 6.64. The molecule has 1 saturated carbocycles. The van der Waals surface area contributed by atoms with Crippen molar-refractivity contribution in [2.45, 2.75) is 50.8 Å². The molecule has 0 spiro atoms. The average Bonchev–Trinajstić information content (AvgIpc) is 2.81. The molecule has 0 aliphatic heterocycles. The minimum Gasteiger partial charge on any atom is -0.480 e. The van der Waals surface area contributed by atoms with Crippen LogP contribution in [-0.4, -0.2) is 12.7 Å². The Bertz CT molecular complexity index is 1330. The van der Waals surface area contributed by atoms with Crippen molar-refractivity contribution in [3.63, 3.8) is 0 Å². The Hall–Kier alpha value is -3.44. The van der Waals surface area contributed by atoms with Crippen LogP contribution in [0, 0.1) is 35.0 Å². The van der Waals surface area contributed by atoms with Crippen LogP contribution < -0.4 is 9.47 Å². The highest BCUT2D eigenvalue weighted by Crippen LogP contribution is 2.39. The van der Waals surface area contributed by atoms with E-state index >= 15 is 0 Å². The van der Waals surface area contributed by atoms with Crippen molar-refractivity contribution in [1.29, 1.82) is 0 Å². The third-order valence-electron chi connectivity index (χ3n) is 6.74. The smallest absolute Gasteiger partial charge is 0.433 e. The van der Waals surface area contributed by atoms with Crippen LogP contribution in [0.15, 0.2) is 42.5 Å². The van der Waals surface area contributed by atoms with E-state index in [4.69, 9.17) is 4.74 Å². The lowest BCUT2D eigenvalue weighted by Crippen LogP contribution is -2.32. The first kappa shape index (κ1) is 29.5. The maximum atomic E-state index is 14.6. The summed E-state index contributed by atoms with van der Waals surface area (Å²) in [5.41, 5.74) is -3.65. The van der Waals surface area contributed by atoms with Crippen molar-refractivity contribution >= 4 is 0 Å². The van der Waals surface area contributed by atoms with E-state index < -0.39 is 76.2 Å². The molecule has 216 valence electrons. The third-order valence-corrected chi connectivity index (χ3v) is 6.74. The Morgan fingerprint density at radius 2 is 1.30 bits per heavy atom. The second-order valence-corrected chi connectivity index (χ2v) is 9.75. The fourth-order valence-electron chi connectivity index (χ4n) is 4.72. The fourth-order valence-corrected chi connectivity index (χ4v) is 4.72. The number of ether oxygens (including phenoxy) is 2. The largest absolute Gasteiger partial charge is 0.480 e. The topological polar surface area (TPSA) is 18.5 Å². The van der Waals surface area contributed by atoms with Crippen molar-refractivity contribution in [3.05, 3.63) is 82.7 Å². The fraction of sp³-hybridized carbons (Fsp3) is 0.357. The van der Waals surface area contributed by atoms with Crippen molar-refractivity contribution < 1.29 is 53.4 Å². The zero-order valence-electron chi connectivity index (χ0n) is 20.8. The first-order chi connectivity index (χ1) is 18.6. The Balaban J connectivity index is 1.46. The van der Waals surface area contributed by atoms with Gasteiger partial charge in [0.15, 0.2) is 18.2 Å². The summed E-state index contributed by atoms with van der Waals surface area (Å²) in [6, 6.07) is 4.62. The van der Waals surface area contributed by atoms with Crippen LogP contribution in [-0.2, 0) is 6.18 Å². The predicted octanol–water partition coefficient (Wildman–Crippen LogP) is 9.41. The van der Waals surface area contributed by atoms with Crippen LogP contribution in [0.5, 0.6) is 11.5 Å². The molecule has 0 atom stereocenters. The van der Waals surface area contributed by atoms with Crippen LogP contribution in [0.3, 0.4) is 0 Å². The predicted molar refractivity (Wildman–Crippen MR) is 125 cm³/mol. The molecule has 40 heavy (non-hydrogen) atoms. The van der Waals surface area contributed by atoms with E-state index in [0.29, 0.717) is 5.92 Å². The summed E-state index contributed by atoms with van der Waals surface area (Å²) in [7, 11) is 0. The van der Waals surface area contributed by atoms with E-state index in [2.05, 4.69) is 11.7 Å². The molecule has 3 aromatic rings. The molecule has 4 rings (SSSR count). The maximum Gasteiger partial charge on any atom is 0.433 e. The number of hydrogen-bond acceptors (Lipinski definition) is 2. The molecule has 0 saturated heterocycles. The standard InChI is InChI=1S/C28H22F10O2/c1-14-2-4-15(5-3-14)16-6-7-24(19(29)8-16)39-13-27(34,35)40-18-11-20(30)25(21(31)12-18)17-9-22(32)26(23(33)10-17)28(36,37)38/h6-12,14-15H,2-5,13H2,1H3. The van der Waals surface area contributed by atoms with Crippen LogP contribution >= 0.6 is 0 Å². The average molecular weight is 580 g/mol. The second-order valence-electron chi connectivity index (χ2n) is 9.75. The molecule has 0 aromatic heterocycles. The number of alkyl halides is 5. The molecule has 0 N–H and O–H groups in total. The van der Waals surface area contributed by atoms with Gasteiger partial charge in [0.05, 0.1) is 5.56 Å². The molecule has 1 fully saturated rings. The first-order valence-electron chi connectivity index (χ1n) is 12.2. The summed E-state index contributed by atoms with van der Waals surface area (Å²) in [5.74, 6) is -9.25. The van der Waals surface area contributed by atoms with Gasteiger partial charge in [0.1, 0.15) is 34.6 Å². The molecule has 1 aliphatic carbocycles. The van der Waals surface area contributed by atoms with E-state index in [1.807, 2.05) is 0 Å². The Kier molecular flexibility index (Phi) is 8.28. The van der Waals surface area contributed by atoms with Crippen molar-refractivity contribution in [1.82, 2.24) is 0 Å². The number of rotatable bonds is 7. The van der Waals surface area contributed by atoms with Gasteiger partial charge in [-0.2, -0.15) is 22.0 Å². The Morgan fingerprint density at radius 1 is 0.725 bits per heavy atom. The van der Waals surface area contributed by atoms with Gasteiger partial charge in [0.2, 0.25) is 0 Å². The molecule has 0 unspecified atom stereocenters. The minimum absolute atomic E-state index is 0.0605. The van der Waals surface area contributed by atoms with Crippen LogP contribution in [0.2, 0.25) is 0 Å². The van der Waals surface area contributed by atoms with Crippen LogP contribution in [0.1, 0.15) is 49.7 Å². The van der Waals surface area contributed by atoms with Gasteiger partial charge in [0, 0.05) is 12.1 Å². The second kappa shape index (κ2) is 11.2. The van der Waals surface area contributed by atoms with Crippen LogP contribution in [0.4, 0.5) is 43.9 Å². The van der Waals surface area contributed by atoms with Gasteiger partial charge < -0.3 is 9.47 Å². The lowest BCUT2D eigenvalue weighted by Gasteiger charge is -2.26. The summed E-state index contributed by atoms with van der Waals surface area (Å²) >= 11 is 0. The zero-order valence-corrected chi connectivity index (χ0v) is 20.8. The van der Waals surface area contributed by atoms with Crippen molar-refractivity contribution in [2.24, 2.45) is 5.92 Å². The number of benzene rings is 3. The molecular formula is C28H22F10O2. The minimum atomic E-state index is -5.41. The molecule has 2 nitrogen and oxygen atoms in total. The molecule has 0 amide bonds. The lowest BCUT2D eigenvalue weighted by atomic mass is 9.79. The molecule has 12 heteroatoms. The van der Waals surface area contributed by atoms with Gasteiger partial charge in [-0.1, -0.05) is 25.8 Å². The van der Waals surface area contributed by atoms with Gasteiger partial charge in [-0.15, -0.1) is 0 Å². The van der Waals surface area contributed by atoms with Gasteiger partial charge in [0.25, 0.3) is 0 Å². The molecule has 3 aromatic carbocycles. The summed E-state index contributed by atoms with van der Waals surface area (Å²) < 4.78 is 148. The van der Waals surface area contributed by atoms with Gasteiger partial charge in [-0.25, -0.2) is 22.0 Å². The molecule has 1 aliphatic rings. The normalized spacial score (nSPS) is 18.1. The van der Waals surface area contributed by atoms with Crippen LogP contribution in [0.25, 0.3) is 11.1 Å². The van der Waals surface area contributed by atoms with Gasteiger partial charge >= 0.3 is 12.3 Å². The summed E-state index contributed by atoms with van der Waals surface area (Å²) in [6.07, 6.45) is -5.88. The zero-order chi connectivity index (χ0) is 29.4. The quantitative estimate of drug-likeness (QED) is 0.259. The molecule has 0 bridgehead atoms. The van der Waals surface area contributed by atoms with Crippen molar-refractivity contribution in [2.75, 3.05) is 6.61 Å². The highest BCUT2D eigenvalue weighted by molar-refractivity contribution is 5.66. The van der Waals surface area contributed by atoms with Gasteiger partial charge in [-0.3, -0.25) is 0 Å². The van der Waals surface area contributed by atoms with E-state index in [0.717, 1.165) is 31.2 Å².